The molecule has 0 aliphatic heterocycles. The fourth-order valence-corrected chi connectivity index (χ4v) is 3.11. The topological polar surface area (TPSA) is 80.3 Å². The number of guanidine groups is 1. The molecule has 2 heterocycles. The summed E-state index contributed by atoms with van der Waals surface area (Å²) >= 11 is 0. The predicted molar refractivity (Wildman–Crippen MR) is 131 cm³/mol. The first-order valence-corrected chi connectivity index (χ1v) is 10.3. The maximum atomic E-state index is 13.0. The second kappa shape index (κ2) is 12.4. The van der Waals surface area contributed by atoms with Crippen molar-refractivity contribution in [2.45, 2.75) is 40.2 Å². The minimum atomic E-state index is -0.278. The average molecular weight is 540 g/mol. The van der Waals surface area contributed by atoms with Gasteiger partial charge in [0.05, 0.1) is 11.4 Å². The quantitative estimate of drug-likeness (QED) is 0.185. The molecule has 1 aromatic carbocycles. The van der Waals surface area contributed by atoms with Gasteiger partial charge in [0.1, 0.15) is 12.1 Å². The zero-order chi connectivity index (χ0) is 21.3. The Morgan fingerprint density at radius 3 is 2.65 bits per heavy atom. The summed E-state index contributed by atoms with van der Waals surface area (Å²) in [6, 6.07) is 8.19. The van der Waals surface area contributed by atoms with Crippen LogP contribution in [0.4, 0.5) is 4.39 Å². The number of benzene rings is 1. The zero-order valence-corrected chi connectivity index (χ0v) is 20.5. The number of rotatable bonds is 9. The molecule has 2 N–H and O–H groups in total. The van der Waals surface area contributed by atoms with E-state index in [4.69, 9.17) is 4.42 Å². The molecule has 0 aliphatic carbocycles. The number of halogens is 2. The summed E-state index contributed by atoms with van der Waals surface area (Å²) in [7, 11) is 0. The van der Waals surface area contributed by atoms with Gasteiger partial charge in [0.25, 0.3) is 0 Å². The molecule has 0 saturated heterocycles. The molecule has 31 heavy (non-hydrogen) atoms. The Labute approximate surface area is 199 Å². The van der Waals surface area contributed by atoms with Crippen LogP contribution in [0.25, 0.3) is 11.5 Å². The highest BCUT2D eigenvalue weighted by Crippen LogP contribution is 2.18. The van der Waals surface area contributed by atoms with E-state index in [0.29, 0.717) is 25.4 Å². The molecule has 0 atom stereocenters. The number of aromatic nitrogens is 3. The third-order valence-electron chi connectivity index (χ3n) is 4.56. The Morgan fingerprint density at radius 1 is 1.19 bits per heavy atom. The molecule has 0 saturated carbocycles. The lowest BCUT2D eigenvalue weighted by Gasteiger charge is -2.10. The minimum Gasteiger partial charge on any atom is -0.444 e. The average Bonchev–Trinajstić information content (AvgIpc) is 3.31. The molecule has 2 aromatic heterocycles. The van der Waals surface area contributed by atoms with Crippen LogP contribution in [0.15, 0.2) is 46.0 Å². The molecule has 168 valence electrons. The normalized spacial score (nSPS) is 11.3. The van der Waals surface area contributed by atoms with Crippen molar-refractivity contribution >= 4 is 29.9 Å². The molecule has 0 fully saturated rings. The summed E-state index contributed by atoms with van der Waals surface area (Å²) in [5.74, 6) is 1.00. The van der Waals surface area contributed by atoms with Crippen molar-refractivity contribution in [3.63, 3.8) is 0 Å². The van der Waals surface area contributed by atoms with Gasteiger partial charge in [-0.3, -0.25) is 9.67 Å². The predicted octanol–water partition coefficient (Wildman–Crippen LogP) is 4.10. The Kier molecular flexibility index (Phi) is 9.96. The second-order valence-corrected chi connectivity index (χ2v) is 7.09. The van der Waals surface area contributed by atoms with E-state index in [-0.39, 0.29) is 29.8 Å². The first kappa shape index (κ1) is 24.8. The van der Waals surface area contributed by atoms with Gasteiger partial charge >= 0.3 is 0 Å². The molecule has 0 bridgehead atoms. The monoisotopic (exact) mass is 540 g/mol. The van der Waals surface area contributed by atoms with Crippen LogP contribution in [0, 0.1) is 19.7 Å². The van der Waals surface area contributed by atoms with Crippen LogP contribution < -0.4 is 10.6 Å². The molecule has 7 nitrogen and oxygen atoms in total. The van der Waals surface area contributed by atoms with Crippen LogP contribution in [0.2, 0.25) is 0 Å². The molecule has 0 aliphatic rings. The molecular formula is C22H30FIN6O. The van der Waals surface area contributed by atoms with Gasteiger partial charge in [-0.25, -0.2) is 9.37 Å². The largest absolute Gasteiger partial charge is 0.444 e. The van der Waals surface area contributed by atoms with E-state index in [0.717, 1.165) is 42.4 Å². The first-order chi connectivity index (χ1) is 14.5. The fraction of sp³-hybridized carbons (Fsp3) is 0.409. The van der Waals surface area contributed by atoms with Gasteiger partial charge in [-0.15, -0.1) is 24.0 Å². The smallest absolute Gasteiger partial charge is 0.226 e. The summed E-state index contributed by atoms with van der Waals surface area (Å²) in [4.78, 5) is 9.10. The molecule has 3 aromatic rings. The van der Waals surface area contributed by atoms with E-state index in [1.807, 2.05) is 18.5 Å². The molecule has 0 unspecified atom stereocenters. The Balaban J connectivity index is 0.00000341. The molecule has 0 spiro atoms. The van der Waals surface area contributed by atoms with Crippen LogP contribution in [0.1, 0.15) is 30.4 Å². The summed E-state index contributed by atoms with van der Waals surface area (Å²) < 4.78 is 20.6. The van der Waals surface area contributed by atoms with Crippen molar-refractivity contribution in [1.29, 1.82) is 0 Å². The molecule has 0 amide bonds. The number of nitrogens with zero attached hydrogens (tertiary/aromatic N) is 4. The van der Waals surface area contributed by atoms with Crippen LogP contribution in [0.3, 0.4) is 0 Å². The number of oxazole rings is 1. The van der Waals surface area contributed by atoms with Crippen LogP contribution in [0.5, 0.6) is 0 Å². The van der Waals surface area contributed by atoms with E-state index < -0.39 is 0 Å². The molecule has 3 rings (SSSR count). The van der Waals surface area contributed by atoms with Gasteiger partial charge in [-0.05, 0) is 57.5 Å². The van der Waals surface area contributed by atoms with Crippen molar-refractivity contribution in [2.75, 3.05) is 19.6 Å². The van der Waals surface area contributed by atoms with Crippen molar-refractivity contribution in [3.05, 3.63) is 59.5 Å². The zero-order valence-electron chi connectivity index (χ0n) is 18.2. The van der Waals surface area contributed by atoms with Crippen LogP contribution >= 0.6 is 24.0 Å². The third kappa shape index (κ3) is 7.64. The van der Waals surface area contributed by atoms with Gasteiger partial charge < -0.3 is 15.1 Å². The highest BCUT2D eigenvalue weighted by atomic mass is 127. The molecular weight excluding hydrogens is 510 g/mol. The van der Waals surface area contributed by atoms with Crippen LogP contribution in [-0.2, 0) is 13.0 Å². The summed E-state index contributed by atoms with van der Waals surface area (Å²) in [5, 5.41) is 11.1. The van der Waals surface area contributed by atoms with E-state index in [1.54, 1.807) is 18.4 Å². The number of aliphatic imine (C=N–C) groups is 1. The lowest BCUT2D eigenvalue weighted by Crippen LogP contribution is -2.38. The maximum absolute atomic E-state index is 13.0. The van der Waals surface area contributed by atoms with Gasteiger partial charge in [-0.2, -0.15) is 5.10 Å². The maximum Gasteiger partial charge on any atom is 0.226 e. The van der Waals surface area contributed by atoms with E-state index in [9.17, 15) is 4.39 Å². The van der Waals surface area contributed by atoms with Crippen molar-refractivity contribution in [1.82, 2.24) is 25.4 Å². The lowest BCUT2D eigenvalue weighted by molar-refractivity contribution is 0.566. The van der Waals surface area contributed by atoms with Gasteiger partial charge in [-0.1, -0.05) is 0 Å². The SMILES string of the molecule is CCNC(=NCCCn1nc(C)cc1C)NCCc1coc(-c2ccc(F)cc2)n1.I. The number of hydrogen-bond acceptors (Lipinski definition) is 4. The van der Waals surface area contributed by atoms with Crippen LogP contribution in [-0.4, -0.2) is 40.4 Å². The Bertz CT molecular complexity index is 967. The van der Waals surface area contributed by atoms with Gasteiger partial charge in [0.15, 0.2) is 5.96 Å². The summed E-state index contributed by atoms with van der Waals surface area (Å²) in [5.41, 5.74) is 3.81. The van der Waals surface area contributed by atoms with E-state index in [1.165, 1.54) is 17.8 Å². The number of hydrogen-bond donors (Lipinski definition) is 2. The number of nitrogens with one attached hydrogen (secondary N) is 2. The standard InChI is InChI=1S/C22H29FN6O.HI/c1-4-24-22(25-11-5-13-29-17(3)14-16(2)28-29)26-12-10-20-15-30-21(27-20)18-6-8-19(23)9-7-18;/h6-9,14-15H,4-5,10-13H2,1-3H3,(H2,24,25,26);1H. The third-order valence-corrected chi connectivity index (χ3v) is 4.56. The first-order valence-electron chi connectivity index (χ1n) is 10.3. The Hall–Kier alpha value is -2.43. The van der Waals surface area contributed by atoms with Crippen molar-refractivity contribution < 1.29 is 8.81 Å². The minimum absolute atomic E-state index is 0. The molecule has 9 heteroatoms. The van der Waals surface area contributed by atoms with E-state index in [2.05, 4.69) is 38.7 Å². The summed E-state index contributed by atoms with van der Waals surface area (Å²) in [6.07, 6.45) is 3.25. The van der Waals surface area contributed by atoms with Crippen molar-refractivity contribution in [2.24, 2.45) is 4.99 Å². The van der Waals surface area contributed by atoms with Gasteiger partial charge in [0.2, 0.25) is 5.89 Å². The molecule has 0 radical (unpaired) electrons. The highest BCUT2D eigenvalue weighted by molar-refractivity contribution is 14.0. The lowest BCUT2D eigenvalue weighted by atomic mass is 10.2. The second-order valence-electron chi connectivity index (χ2n) is 7.09. The Morgan fingerprint density at radius 2 is 1.97 bits per heavy atom. The van der Waals surface area contributed by atoms with Gasteiger partial charge in [0, 0.05) is 43.9 Å². The fourth-order valence-electron chi connectivity index (χ4n) is 3.11. The van der Waals surface area contributed by atoms with E-state index >= 15 is 0 Å². The number of aryl methyl sites for hydroxylation is 3. The van der Waals surface area contributed by atoms with Crippen molar-refractivity contribution in [3.8, 4) is 11.5 Å². The highest BCUT2D eigenvalue weighted by Gasteiger charge is 2.07. The summed E-state index contributed by atoms with van der Waals surface area (Å²) in [6.45, 7) is 9.16.